The third kappa shape index (κ3) is 3.01. The number of hydroxylamine groups is 2. The number of carbonyl (C=O) groups is 1. The van der Waals surface area contributed by atoms with Gasteiger partial charge in [0.2, 0.25) is 11.6 Å². The first kappa shape index (κ1) is 24.1. The summed E-state index contributed by atoms with van der Waals surface area (Å²) in [5.74, 6) is -1.95. The zero-order chi connectivity index (χ0) is 26.2. The molecule has 14 heteroatoms. The fourth-order valence-electron chi connectivity index (χ4n) is 5.51. The van der Waals surface area contributed by atoms with Crippen molar-refractivity contribution in [3.8, 4) is 0 Å². The SMILES string of the molecule is CC1(O)C(OC(=O)c2c(C(F)(F)F)ccc3ccccc23)CN2C(N)=NC(CO)C3N=C(N)N(O)C321. The minimum absolute atomic E-state index is 0.0161. The fourth-order valence-corrected chi connectivity index (χ4v) is 5.51. The van der Waals surface area contributed by atoms with Crippen LogP contribution in [0.2, 0.25) is 0 Å². The summed E-state index contributed by atoms with van der Waals surface area (Å²) < 4.78 is 47.1. The number of fused-ring (bicyclic) bond motifs is 1. The Labute approximate surface area is 202 Å². The van der Waals surface area contributed by atoms with E-state index in [0.29, 0.717) is 10.4 Å². The van der Waals surface area contributed by atoms with Gasteiger partial charge < -0.3 is 31.3 Å². The Kier molecular flexibility index (Phi) is 5.14. The molecule has 1 spiro atoms. The lowest BCUT2D eigenvalue weighted by atomic mass is 9.79. The molecule has 5 rings (SSSR count). The van der Waals surface area contributed by atoms with E-state index in [0.717, 1.165) is 6.07 Å². The number of aliphatic imine (C=N–C) groups is 2. The number of alkyl halides is 3. The second-order valence-electron chi connectivity index (χ2n) is 9.07. The number of esters is 1. The normalized spacial score (nSPS) is 31.7. The van der Waals surface area contributed by atoms with Gasteiger partial charge in [0, 0.05) is 0 Å². The van der Waals surface area contributed by atoms with Crippen LogP contribution in [0.5, 0.6) is 0 Å². The summed E-state index contributed by atoms with van der Waals surface area (Å²) >= 11 is 0. The molecule has 2 aromatic rings. The second kappa shape index (κ2) is 7.69. The van der Waals surface area contributed by atoms with Gasteiger partial charge in [-0.1, -0.05) is 30.3 Å². The van der Waals surface area contributed by atoms with Crippen LogP contribution in [0.1, 0.15) is 22.8 Å². The lowest BCUT2D eigenvalue weighted by Gasteiger charge is -2.51. The minimum Gasteiger partial charge on any atom is -0.454 e. The number of ether oxygens (including phenoxy) is 1. The van der Waals surface area contributed by atoms with E-state index >= 15 is 0 Å². The van der Waals surface area contributed by atoms with E-state index in [1.165, 1.54) is 30.0 Å². The standard InChI is InChI=1S/C22H23F3N6O5/c1-20(34)14(8-30-18(26)28-13(9-32)16-21(20,30)31(35)19(27)29-16)36-17(33)15-11-5-3-2-4-10(11)6-7-12(15)22(23,24)25/h2-7,13-14,16,32,34-35H,8-9H2,1H3,(H2,26,28)(H2,27,29). The molecule has 3 aliphatic heterocycles. The first-order valence-electron chi connectivity index (χ1n) is 10.9. The van der Waals surface area contributed by atoms with Crippen LogP contribution in [0.25, 0.3) is 10.8 Å². The van der Waals surface area contributed by atoms with Crippen molar-refractivity contribution >= 4 is 28.7 Å². The van der Waals surface area contributed by atoms with Crippen molar-refractivity contribution in [2.75, 3.05) is 13.2 Å². The quantitative estimate of drug-likeness (QED) is 0.364. The predicted octanol–water partition coefficient (Wildman–Crippen LogP) is 0.224. The summed E-state index contributed by atoms with van der Waals surface area (Å²) in [4.78, 5) is 22.8. The van der Waals surface area contributed by atoms with E-state index in [-0.39, 0.29) is 17.9 Å². The highest BCUT2D eigenvalue weighted by atomic mass is 19.4. The van der Waals surface area contributed by atoms with Crippen LogP contribution in [0.4, 0.5) is 13.2 Å². The Bertz CT molecular complexity index is 1310. The molecular weight excluding hydrogens is 485 g/mol. The van der Waals surface area contributed by atoms with Crippen molar-refractivity contribution in [3.05, 3.63) is 47.5 Å². The van der Waals surface area contributed by atoms with Crippen LogP contribution in [0, 0.1) is 0 Å². The maximum atomic E-state index is 13.9. The molecule has 0 saturated carbocycles. The Morgan fingerprint density at radius 1 is 1.19 bits per heavy atom. The number of benzene rings is 2. The number of aliphatic hydroxyl groups excluding tert-OH is 1. The molecule has 0 bridgehead atoms. The predicted molar refractivity (Wildman–Crippen MR) is 120 cm³/mol. The van der Waals surface area contributed by atoms with Gasteiger partial charge in [-0.25, -0.2) is 14.8 Å². The van der Waals surface area contributed by atoms with Gasteiger partial charge in [-0.3, -0.25) is 5.21 Å². The number of aliphatic hydroxyl groups is 2. The molecule has 1 saturated heterocycles. The van der Waals surface area contributed by atoms with Crippen molar-refractivity contribution in [1.29, 1.82) is 0 Å². The van der Waals surface area contributed by atoms with Gasteiger partial charge in [0.05, 0.1) is 24.3 Å². The number of carbonyl (C=O) groups excluding carboxylic acids is 1. The van der Waals surface area contributed by atoms with E-state index in [2.05, 4.69) is 9.98 Å². The van der Waals surface area contributed by atoms with Gasteiger partial charge in [0.15, 0.2) is 12.1 Å². The largest absolute Gasteiger partial charge is 0.454 e. The molecule has 192 valence electrons. The number of hydrogen-bond acceptors (Lipinski definition) is 11. The van der Waals surface area contributed by atoms with E-state index in [1.807, 2.05) is 0 Å². The highest BCUT2D eigenvalue weighted by molar-refractivity contribution is 6.06. The van der Waals surface area contributed by atoms with Crippen LogP contribution >= 0.6 is 0 Å². The molecule has 36 heavy (non-hydrogen) atoms. The van der Waals surface area contributed by atoms with Gasteiger partial charge in [0.1, 0.15) is 17.7 Å². The van der Waals surface area contributed by atoms with Crippen molar-refractivity contribution in [2.45, 2.75) is 42.6 Å². The third-order valence-electron chi connectivity index (χ3n) is 7.17. The van der Waals surface area contributed by atoms with Crippen molar-refractivity contribution in [2.24, 2.45) is 21.5 Å². The minimum atomic E-state index is -4.86. The molecule has 2 aromatic carbocycles. The number of nitrogens with two attached hydrogens (primary N) is 2. The van der Waals surface area contributed by atoms with E-state index < -0.39 is 65.3 Å². The highest BCUT2D eigenvalue weighted by Crippen LogP contribution is 2.50. The zero-order valence-electron chi connectivity index (χ0n) is 18.8. The summed E-state index contributed by atoms with van der Waals surface area (Å²) in [6, 6.07) is 5.92. The summed E-state index contributed by atoms with van der Waals surface area (Å²) in [5, 5.41) is 33.3. The maximum absolute atomic E-state index is 13.9. The maximum Gasteiger partial charge on any atom is 0.417 e. The smallest absolute Gasteiger partial charge is 0.417 e. The van der Waals surface area contributed by atoms with E-state index in [9.17, 15) is 33.4 Å². The Morgan fingerprint density at radius 3 is 2.56 bits per heavy atom. The van der Waals surface area contributed by atoms with E-state index in [4.69, 9.17) is 16.2 Å². The average Bonchev–Trinajstić information content (AvgIpc) is 3.23. The molecular formula is C22H23F3N6O5. The summed E-state index contributed by atoms with van der Waals surface area (Å²) in [6.07, 6.45) is -6.37. The van der Waals surface area contributed by atoms with E-state index in [1.54, 1.807) is 12.1 Å². The number of guanidine groups is 2. The van der Waals surface area contributed by atoms with Crippen molar-refractivity contribution in [1.82, 2.24) is 9.96 Å². The van der Waals surface area contributed by atoms with Crippen molar-refractivity contribution in [3.63, 3.8) is 0 Å². The number of hydrogen-bond donors (Lipinski definition) is 5. The summed E-state index contributed by atoms with van der Waals surface area (Å²) in [6.45, 7) is 0.307. The Morgan fingerprint density at radius 2 is 1.89 bits per heavy atom. The van der Waals surface area contributed by atoms with Crippen LogP contribution in [-0.2, 0) is 10.9 Å². The first-order valence-corrected chi connectivity index (χ1v) is 10.9. The molecule has 0 amide bonds. The topological polar surface area (TPSA) is 170 Å². The number of nitrogens with zero attached hydrogens (tertiary/aromatic N) is 4. The van der Waals surface area contributed by atoms with Gasteiger partial charge >= 0.3 is 12.1 Å². The summed E-state index contributed by atoms with van der Waals surface area (Å²) in [5.41, 5.74) is 5.84. The molecule has 0 radical (unpaired) electrons. The highest BCUT2D eigenvalue weighted by Gasteiger charge is 2.75. The van der Waals surface area contributed by atoms with Crippen LogP contribution < -0.4 is 11.5 Å². The second-order valence-corrected chi connectivity index (χ2v) is 9.07. The Balaban J connectivity index is 1.59. The zero-order valence-corrected chi connectivity index (χ0v) is 18.8. The molecule has 7 N–H and O–H groups in total. The monoisotopic (exact) mass is 508 g/mol. The molecule has 3 aliphatic rings. The molecule has 3 heterocycles. The van der Waals surface area contributed by atoms with Gasteiger partial charge in [-0.2, -0.15) is 18.2 Å². The van der Waals surface area contributed by atoms with Gasteiger partial charge in [0.25, 0.3) is 0 Å². The third-order valence-corrected chi connectivity index (χ3v) is 7.17. The number of rotatable bonds is 3. The van der Waals surface area contributed by atoms with Gasteiger partial charge in [-0.15, -0.1) is 0 Å². The number of halogens is 3. The van der Waals surface area contributed by atoms with Gasteiger partial charge in [-0.05, 0) is 23.8 Å². The average molecular weight is 508 g/mol. The molecule has 0 aliphatic carbocycles. The molecule has 11 nitrogen and oxygen atoms in total. The lowest BCUT2D eigenvalue weighted by molar-refractivity contribution is -0.228. The molecule has 5 unspecified atom stereocenters. The Hall–Kier alpha value is -3.62. The van der Waals surface area contributed by atoms with Crippen molar-refractivity contribution < 1.29 is 38.1 Å². The lowest BCUT2D eigenvalue weighted by Crippen LogP contribution is -2.76. The first-order chi connectivity index (χ1) is 16.9. The summed E-state index contributed by atoms with van der Waals surface area (Å²) in [7, 11) is 0. The molecule has 0 aromatic heterocycles. The van der Waals surface area contributed by atoms with Crippen LogP contribution in [0.15, 0.2) is 46.4 Å². The van der Waals surface area contributed by atoms with Crippen LogP contribution in [-0.4, -0.2) is 85.9 Å². The molecule has 5 atom stereocenters. The molecule has 1 fully saturated rings. The van der Waals surface area contributed by atoms with Crippen LogP contribution in [0.3, 0.4) is 0 Å². The fraction of sp³-hybridized carbons (Fsp3) is 0.409.